The highest BCUT2D eigenvalue weighted by molar-refractivity contribution is 9.10. The van der Waals surface area contributed by atoms with Crippen molar-refractivity contribution in [2.45, 2.75) is 27.7 Å². The van der Waals surface area contributed by atoms with Crippen molar-refractivity contribution in [3.05, 3.63) is 45.3 Å². The van der Waals surface area contributed by atoms with E-state index in [-0.39, 0.29) is 0 Å². The van der Waals surface area contributed by atoms with Crippen LogP contribution in [0.3, 0.4) is 0 Å². The molecule has 114 valence electrons. The minimum atomic E-state index is 0.725. The Kier molecular flexibility index (Phi) is 3.68. The summed E-state index contributed by atoms with van der Waals surface area (Å²) < 4.78 is 8.38. The summed E-state index contributed by atoms with van der Waals surface area (Å²) >= 11 is 3.59. The third kappa shape index (κ3) is 2.29. The molecule has 0 aliphatic heterocycles. The number of aromatic nitrogens is 3. The fourth-order valence-corrected chi connectivity index (χ4v) is 3.11. The van der Waals surface area contributed by atoms with Crippen LogP contribution in [0.5, 0.6) is 5.75 Å². The molecule has 0 unspecified atom stereocenters. The number of benzene rings is 1. The lowest BCUT2D eigenvalue weighted by Crippen LogP contribution is -1.97. The monoisotopic (exact) mass is 359 g/mol. The number of ether oxygens (including phenoxy) is 1. The summed E-state index contributed by atoms with van der Waals surface area (Å²) in [6.07, 6.45) is 2.05. The first kappa shape index (κ1) is 15.0. The van der Waals surface area contributed by atoms with Crippen LogP contribution in [0.2, 0.25) is 0 Å². The standard InChI is InChI=1S/C17H18BrN3O/c1-9-6-13(22-5)7-10(2)15(9)14-8-21-12(4)16(18)11(3)19-17(21)20-14/h6-8H,1-5H3. The maximum absolute atomic E-state index is 5.33. The average molecular weight is 360 g/mol. The Labute approximate surface area is 138 Å². The Balaban J connectivity index is 2.26. The van der Waals surface area contributed by atoms with Gasteiger partial charge in [0, 0.05) is 17.5 Å². The van der Waals surface area contributed by atoms with E-state index in [2.05, 4.69) is 41.7 Å². The number of halogens is 1. The summed E-state index contributed by atoms with van der Waals surface area (Å²) in [7, 11) is 1.69. The van der Waals surface area contributed by atoms with E-state index in [9.17, 15) is 0 Å². The number of imidazole rings is 1. The molecular formula is C17H18BrN3O. The second-order valence-corrected chi connectivity index (χ2v) is 6.32. The molecule has 22 heavy (non-hydrogen) atoms. The lowest BCUT2D eigenvalue weighted by atomic mass is 10.00. The first-order valence-electron chi connectivity index (χ1n) is 7.09. The van der Waals surface area contributed by atoms with Gasteiger partial charge < -0.3 is 4.74 Å². The predicted octanol–water partition coefficient (Wildman–Crippen LogP) is 4.40. The molecule has 0 spiro atoms. The molecule has 2 aromatic heterocycles. The molecular weight excluding hydrogens is 342 g/mol. The van der Waals surface area contributed by atoms with E-state index in [1.54, 1.807) is 7.11 Å². The largest absolute Gasteiger partial charge is 0.497 e. The van der Waals surface area contributed by atoms with E-state index in [1.165, 1.54) is 0 Å². The third-order valence-electron chi connectivity index (χ3n) is 3.95. The van der Waals surface area contributed by atoms with Crippen molar-refractivity contribution in [3.8, 4) is 17.0 Å². The van der Waals surface area contributed by atoms with Crippen LogP contribution in [-0.2, 0) is 0 Å². The van der Waals surface area contributed by atoms with E-state index >= 15 is 0 Å². The molecule has 2 heterocycles. The summed E-state index contributed by atoms with van der Waals surface area (Å²) in [5.41, 5.74) is 6.42. The van der Waals surface area contributed by atoms with Crippen LogP contribution in [0.15, 0.2) is 22.8 Å². The highest BCUT2D eigenvalue weighted by Gasteiger charge is 2.15. The first-order chi connectivity index (χ1) is 10.4. The fourth-order valence-electron chi connectivity index (χ4n) is 2.83. The van der Waals surface area contributed by atoms with Gasteiger partial charge in [0.05, 0.1) is 23.0 Å². The van der Waals surface area contributed by atoms with E-state index in [0.29, 0.717) is 0 Å². The third-order valence-corrected chi connectivity index (χ3v) is 5.10. The minimum absolute atomic E-state index is 0.725. The van der Waals surface area contributed by atoms with Gasteiger partial charge in [-0.25, -0.2) is 9.97 Å². The Morgan fingerprint density at radius 1 is 1.05 bits per heavy atom. The van der Waals surface area contributed by atoms with Crippen molar-refractivity contribution in [3.63, 3.8) is 0 Å². The Bertz CT molecular complexity index is 860. The van der Waals surface area contributed by atoms with Crippen LogP contribution in [0.25, 0.3) is 17.0 Å². The average Bonchev–Trinajstić information content (AvgIpc) is 2.87. The zero-order valence-corrected chi connectivity index (χ0v) is 14.9. The van der Waals surface area contributed by atoms with Gasteiger partial charge in [-0.3, -0.25) is 4.40 Å². The number of nitrogens with zero attached hydrogens (tertiary/aromatic N) is 3. The van der Waals surface area contributed by atoms with Crippen LogP contribution in [-0.4, -0.2) is 21.5 Å². The van der Waals surface area contributed by atoms with Crippen LogP contribution in [0.4, 0.5) is 0 Å². The molecule has 1 aromatic carbocycles. The Hall–Kier alpha value is -1.88. The molecule has 0 saturated heterocycles. The quantitative estimate of drug-likeness (QED) is 0.680. The fraction of sp³-hybridized carbons (Fsp3) is 0.294. The van der Waals surface area contributed by atoms with Crippen molar-refractivity contribution in [1.82, 2.24) is 14.4 Å². The molecule has 0 amide bonds. The van der Waals surface area contributed by atoms with Crippen LogP contribution < -0.4 is 4.74 Å². The van der Waals surface area contributed by atoms with Gasteiger partial charge in [-0.15, -0.1) is 0 Å². The molecule has 4 nitrogen and oxygen atoms in total. The molecule has 3 aromatic rings. The molecule has 0 saturated carbocycles. The van der Waals surface area contributed by atoms with E-state index < -0.39 is 0 Å². The molecule has 0 aliphatic rings. The SMILES string of the molecule is COc1cc(C)c(-c2cn3c(C)c(Br)c(C)nc3n2)c(C)c1. The normalized spacial score (nSPS) is 11.2. The van der Waals surface area contributed by atoms with E-state index in [4.69, 9.17) is 9.72 Å². The summed E-state index contributed by atoms with van der Waals surface area (Å²) in [6.45, 7) is 8.20. The summed E-state index contributed by atoms with van der Waals surface area (Å²) in [4.78, 5) is 9.27. The highest BCUT2D eigenvalue weighted by Crippen LogP contribution is 2.31. The molecule has 0 aliphatic carbocycles. The van der Waals surface area contributed by atoms with Crippen molar-refractivity contribution >= 4 is 21.7 Å². The van der Waals surface area contributed by atoms with Gasteiger partial charge in [-0.1, -0.05) is 0 Å². The second kappa shape index (κ2) is 5.39. The summed E-state index contributed by atoms with van der Waals surface area (Å²) in [6, 6.07) is 4.07. The summed E-state index contributed by atoms with van der Waals surface area (Å²) in [5.74, 6) is 1.60. The van der Waals surface area contributed by atoms with Crippen LogP contribution in [0, 0.1) is 27.7 Å². The summed E-state index contributed by atoms with van der Waals surface area (Å²) in [5, 5.41) is 0. The Morgan fingerprint density at radius 3 is 2.27 bits per heavy atom. The molecule has 0 fully saturated rings. The van der Waals surface area contributed by atoms with Crippen LogP contribution in [0.1, 0.15) is 22.5 Å². The van der Waals surface area contributed by atoms with Gasteiger partial charge in [0.2, 0.25) is 5.78 Å². The van der Waals surface area contributed by atoms with Gasteiger partial charge in [0.1, 0.15) is 5.75 Å². The lowest BCUT2D eigenvalue weighted by Gasteiger charge is -2.09. The lowest BCUT2D eigenvalue weighted by molar-refractivity contribution is 0.414. The molecule has 5 heteroatoms. The predicted molar refractivity (Wildman–Crippen MR) is 91.6 cm³/mol. The maximum Gasteiger partial charge on any atom is 0.234 e. The van der Waals surface area contributed by atoms with Crippen LogP contribution >= 0.6 is 15.9 Å². The smallest absolute Gasteiger partial charge is 0.234 e. The van der Waals surface area contributed by atoms with Crippen molar-refractivity contribution in [1.29, 1.82) is 0 Å². The van der Waals surface area contributed by atoms with Gasteiger partial charge in [-0.2, -0.15) is 0 Å². The zero-order valence-electron chi connectivity index (χ0n) is 13.4. The van der Waals surface area contributed by atoms with E-state index in [0.717, 1.165) is 49.8 Å². The van der Waals surface area contributed by atoms with Gasteiger partial charge in [0.25, 0.3) is 0 Å². The topological polar surface area (TPSA) is 39.4 Å². The Morgan fingerprint density at radius 2 is 1.68 bits per heavy atom. The number of hydrogen-bond acceptors (Lipinski definition) is 3. The number of rotatable bonds is 2. The molecule has 0 N–H and O–H groups in total. The highest BCUT2D eigenvalue weighted by atomic mass is 79.9. The number of hydrogen-bond donors (Lipinski definition) is 0. The minimum Gasteiger partial charge on any atom is -0.497 e. The molecule has 3 rings (SSSR count). The number of aryl methyl sites for hydroxylation is 4. The second-order valence-electron chi connectivity index (χ2n) is 5.53. The maximum atomic E-state index is 5.33. The molecule has 0 atom stereocenters. The molecule has 0 radical (unpaired) electrons. The van der Waals surface area contributed by atoms with Crippen molar-refractivity contribution in [2.75, 3.05) is 7.11 Å². The number of methoxy groups -OCH3 is 1. The van der Waals surface area contributed by atoms with Gasteiger partial charge in [0.15, 0.2) is 0 Å². The van der Waals surface area contributed by atoms with Gasteiger partial charge in [-0.05, 0) is 66.9 Å². The molecule has 0 bridgehead atoms. The van der Waals surface area contributed by atoms with Crippen molar-refractivity contribution in [2.24, 2.45) is 0 Å². The first-order valence-corrected chi connectivity index (χ1v) is 7.89. The number of fused-ring (bicyclic) bond motifs is 1. The zero-order chi connectivity index (χ0) is 16.0. The van der Waals surface area contributed by atoms with E-state index in [1.807, 2.05) is 29.7 Å². The van der Waals surface area contributed by atoms with Crippen molar-refractivity contribution < 1.29 is 4.74 Å². The van der Waals surface area contributed by atoms with Gasteiger partial charge >= 0.3 is 0 Å².